The molecule has 2 aromatic carbocycles. The lowest BCUT2D eigenvalue weighted by Gasteiger charge is -2.39. The molecule has 1 aliphatic heterocycles. The Bertz CT molecular complexity index is 1240. The van der Waals surface area contributed by atoms with Crippen molar-refractivity contribution >= 4 is 5.69 Å². The average Bonchev–Trinajstić information content (AvgIpc) is 2.93. The highest BCUT2D eigenvalue weighted by molar-refractivity contribution is 5.83. The van der Waals surface area contributed by atoms with Crippen molar-refractivity contribution in [1.82, 2.24) is 0 Å². The fraction of sp³-hybridized carbons (Fsp3) is 0.567. The fourth-order valence-corrected chi connectivity index (χ4v) is 7.66. The number of ether oxygens (including phenoxy) is 3. The second-order valence-electron chi connectivity index (χ2n) is 12.1. The van der Waals surface area contributed by atoms with Crippen LogP contribution in [0.25, 0.3) is 11.1 Å². The summed E-state index contributed by atoms with van der Waals surface area (Å²) in [6, 6.07) is 8.77. The smallest absolute Gasteiger partial charge is 0.203 e. The molecule has 3 atom stereocenters. The van der Waals surface area contributed by atoms with E-state index in [1.54, 1.807) is 21.3 Å². The van der Waals surface area contributed by atoms with E-state index in [2.05, 4.69) is 56.2 Å². The van der Waals surface area contributed by atoms with Crippen molar-refractivity contribution in [2.24, 2.45) is 10.8 Å². The summed E-state index contributed by atoms with van der Waals surface area (Å²) in [6.07, 6.45) is 5.27. The lowest BCUT2D eigenvalue weighted by molar-refractivity contribution is -0.670. The van der Waals surface area contributed by atoms with E-state index in [4.69, 9.17) is 14.2 Å². The van der Waals surface area contributed by atoms with E-state index < -0.39 is 0 Å². The zero-order valence-corrected chi connectivity index (χ0v) is 22.9. The topological polar surface area (TPSA) is 64.6 Å². The molecule has 2 bridgehead atoms. The van der Waals surface area contributed by atoms with Gasteiger partial charge in [0.25, 0.3) is 0 Å². The van der Waals surface area contributed by atoms with E-state index in [9.17, 15) is 4.79 Å². The van der Waals surface area contributed by atoms with Crippen LogP contribution in [0.5, 0.6) is 17.2 Å². The monoisotopic (exact) mass is 493 g/mol. The SMILES string of the molecule is C[NH2+][C@@H]1CCc2cc(OC)c(OC)c(OC)c2-c2ccc(N3C[C@]4(C)C[C@H]3CC(C)(C)C4)c(=O)cc21. The van der Waals surface area contributed by atoms with Gasteiger partial charge >= 0.3 is 0 Å². The van der Waals surface area contributed by atoms with Crippen molar-refractivity contribution in [2.75, 3.05) is 39.8 Å². The standard InChI is InChI=1S/C30H40N2O4/c1-29(2)14-19-15-30(3,16-29)17-32(19)23-11-9-20-21(13-24(23)33)22(31-4)10-8-18-12-25(34-5)27(35-6)28(36-7)26(18)20/h9,11-13,19,22,31H,8,10,14-17H2,1-7H3/p+1/t19-,22-,30-/m1/s1. The summed E-state index contributed by atoms with van der Waals surface area (Å²) in [4.78, 5) is 16.3. The summed E-state index contributed by atoms with van der Waals surface area (Å²) < 4.78 is 17.3. The molecule has 1 heterocycles. The number of hydrogen-bond donors (Lipinski definition) is 1. The molecule has 2 fully saturated rings. The Labute approximate surface area is 214 Å². The molecule has 0 amide bonds. The lowest BCUT2D eigenvalue weighted by atomic mass is 9.65. The number of methoxy groups -OCH3 is 3. The molecule has 5 rings (SSSR count). The zero-order valence-electron chi connectivity index (χ0n) is 22.9. The maximum atomic E-state index is 13.9. The highest BCUT2D eigenvalue weighted by atomic mass is 16.5. The highest BCUT2D eigenvalue weighted by Crippen LogP contribution is 2.54. The Balaban J connectivity index is 1.72. The first-order valence-corrected chi connectivity index (χ1v) is 13.2. The molecular weight excluding hydrogens is 452 g/mol. The first kappa shape index (κ1) is 24.9. The van der Waals surface area contributed by atoms with Crippen LogP contribution < -0.4 is 29.9 Å². The normalized spacial score (nSPS) is 26.0. The van der Waals surface area contributed by atoms with Gasteiger partial charge in [0.15, 0.2) is 11.5 Å². The minimum Gasteiger partial charge on any atom is -0.493 e. The van der Waals surface area contributed by atoms with Crippen molar-refractivity contribution < 1.29 is 19.5 Å². The highest BCUT2D eigenvalue weighted by Gasteiger charge is 2.50. The van der Waals surface area contributed by atoms with Crippen LogP contribution in [0.4, 0.5) is 5.69 Å². The third-order valence-corrected chi connectivity index (χ3v) is 8.69. The quantitative estimate of drug-likeness (QED) is 0.672. The maximum absolute atomic E-state index is 13.9. The van der Waals surface area contributed by atoms with Gasteiger partial charge in [0.05, 0.1) is 34.1 Å². The van der Waals surface area contributed by atoms with Gasteiger partial charge in [-0.3, -0.25) is 4.79 Å². The molecule has 1 saturated heterocycles. The molecule has 0 spiro atoms. The van der Waals surface area contributed by atoms with Crippen LogP contribution in [0.3, 0.4) is 0 Å². The minimum absolute atomic E-state index is 0.111. The Morgan fingerprint density at radius 1 is 1.00 bits per heavy atom. The molecule has 3 aliphatic rings. The number of rotatable bonds is 5. The molecule has 2 aromatic rings. The Morgan fingerprint density at radius 3 is 2.42 bits per heavy atom. The van der Waals surface area contributed by atoms with Crippen molar-refractivity contribution in [1.29, 1.82) is 0 Å². The van der Waals surface area contributed by atoms with Gasteiger partial charge in [-0.2, -0.15) is 0 Å². The molecule has 0 radical (unpaired) electrons. The molecule has 1 saturated carbocycles. The van der Waals surface area contributed by atoms with Crippen LogP contribution in [0.1, 0.15) is 63.6 Å². The number of quaternary nitrogens is 1. The van der Waals surface area contributed by atoms with Gasteiger partial charge in [0, 0.05) is 30.1 Å². The lowest BCUT2D eigenvalue weighted by Crippen LogP contribution is -2.81. The predicted octanol–water partition coefficient (Wildman–Crippen LogP) is 4.33. The van der Waals surface area contributed by atoms with E-state index in [1.807, 2.05) is 6.07 Å². The number of hydrogen-bond acceptors (Lipinski definition) is 5. The fourth-order valence-electron chi connectivity index (χ4n) is 7.66. The first-order chi connectivity index (χ1) is 17.1. The Morgan fingerprint density at radius 2 is 1.75 bits per heavy atom. The molecule has 0 unspecified atom stereocenters. The van der Waals surface area contributed by atoms with Gasteiger partial charge in [-0.1, -0.05) is 26.8 Å². The number of benzene rings is 1. The summed E-state index contributed by atoms with van der Waals surface area (Å²) in [5.74, 6) is 1.91. The van der Waals surface area contributed by atoms with E-state index in [-0.39, 0.29) is 16.9 Å². The van der Waals surface area contributed by atoms with Crippen molar-refractivity contribution in [2.45, 2.75) is 65.0 Å². The van der Waals surface area contributed by atoms with E-state index >= 15 is 0 Å². The van der Waals surface area contributed by atoms with E-state index in [0.29, 0.717) is 28.7 Å². The summed E-state index contributed by atoms with van der Waals surface area (Å²) in [5, 5.41) is 2.22. The third-order valence-electron chi connectivity index (χ3n) is 8.69. The van der Waals surface area contributed by atoms with Crippen LogP contribution in [0.15, 0.2) is 29.1 Å². The molecule has 194 valence electrons. The van der Waals surface area contributed by atoms with E-state index in [0.717, 1.165) is 60.2 Å². The third kappa shape index (κ3) is 4.03. The van der Waals surface area contributed by atoms with Gasteiger partial charge in [0.2, 0.25) is 11.2 Å². The van der Waals surface area contributed by atoms with Gasteiger partial charge in [-0.15, -0.1) is 0 Å². The molecule has 6 heteroatoms. The van der Waals surface area contributed by atoms with Crippen LogP contribution in [0.2, 0.25) is 0 Å². The van der Waals surface area contributed by atoms with Gasteiger partial charge in [-0.25, -0.2) is 0 Å². The van der Waals surface area contributed by atoms with Crippen molar-refractivity contribution in [3.05, 3.63) is 45.6 Å². The molecular formula is C30H41N2O4+. The number of nitrogens with two attached hydrogens (primary N) is 1. The molecule has 0 aromatic heterocycles. The second-order valence-corrected chi connectivity index (χ2v) is 12.1. The number of fused-ring (bicyclic) bond motifs is 5. The van der Waals surface area contributed by atoms with Gasteiger partial charge < -0.3 is 24.4 Å². The maximum Gasteiger partial charge on any atom is 0.203 e. The predicted molar refractivity (Wildman–Crippen MR) is 144 cm³/mol. The Kier molecular flexibility index (Phi) is 6.22. The van der Waals surface area contributed by atoms with Crippen LogP contribution in [-0.2, 0) is 6.42 Å². The molecule has 2 aliphatic carbocycles. The van der Waals surface area contributed by atoms with Crippen molar-refractivity contribution in [3.8, 4) is 28.4 Å². The molecule has 2 N–H and O–H groups in total. The summed E-state index contributed by atoms with van der Waals surface area (Å²) in [6.45, 7) is 8.09. The molecule has 6 nitrogen and oxygen atoms in total. The van der Waals surface area contributed by atoms with E-state index in [1.165, 1.54) is 6.42 Å². The number of nitrogens with zero attached hydrogens (tertiary/aromatic N) is 1. The van der Waals surface area contributed by atoms with Gasteiger partial charge in [0.1, 0.15) is 6.04 Å². The summed E-state index contributed by atoms with van der Waals surface area (Å²) in [5.41, 5.74) is 5.75. The van der Waals surface area contributed by atoms with Crippen molar-refractivity contribution in [3.63, 3.8) is 0 Å². The van der Waals surface area contributed by atoms with Crippen LogP contribution in [-0.4, -0.2) is 41.0 Å². The minimum atomic E-state index is 0.111. The zero-order chi connectivity index (χ0) is 25.8. The average molecular weight is 494 g/mol. The summed E-state index contributed by atoms with van der Waals surface area (Å²) in [7, 11) is 7.06. The van der Waals surface area contributed by atoms with Crippen LogP contribution in [0, 0.1) is 10.8 Å². The van der Waals surface area contributed by atoms with Crippen LogP contribution >= 0.6 is 0 Å². The largest absolute Gasteiger partial charge is 0.493 e. The molecule has 36 heavy (non-hydrogen) atoms. The Hall–Kier alpha value is -2.73. The number of aryl methyl sites for hydroxylation is 1. The second kappa shape index (κ2) is 8.98. The summed E-state index contributed by atoms with van der Waals surface area (Å²) >= 11 is 0. The first-order valence-electron chi connectivity index (χ1n) is 13.2. The number of anilines is 1. The van der Waals surface area contributed by atoms with Gasteiger partial charge in [-0.05, 0) is 65.8 Å².